The van der Waals surface area contributed by atoms with E-state index in [-0.39, 0.29) is 13.0 Å². The van der Waals surface area contributed by atoms with Gasteiger partial charge in [0.15, 0.2) is 0 Å². The smallest absolute Gasteiger partial charge is 0.0833 e. The minimum Gasteiger partial charge on any atom is -0.381 e. The average Bonchev–Trinajstić information content (AvgIpc) is 1.12. The summed E-state index contributed by atoms with van der Waals surface area (Å²) in [6, 6.07) is 2.16. The summed E-state index contributed by atoms with van der Waals surface area (Å²) in [5, 5.41) is 3.43. The summed E-state index contributed by atoms with van der Waals surface area (Å²) in [5.74, 6) is 8.33. The lowest BCUT2D eigenvalue weighted by atomic mass is 9.76. The van der Waals surface area contributed by atoms with E-state index in [1.807, 2.05) is 0 Å². The van der Waals surface area contributed by atoms with Gasteiger partial charge in [-0.05, 0) is 204 Å². The molecular weight excluding hydrogens is 1220 g/mol. The number of rotatable bonds is 22. The molecule has 9 heterocycles. The summed E-state index contributed by atoms with van der Waals surface area (Å²) in [6.07, 6.45) is 24.8. The number of likely N-dealkylation sites (tertiary alicyclic amines) is 1. The van der Waals surface area contributed by atoms with Gasteiger partial charge in [0.2, 0.25) is 0 Å². The Labute approximate surface area is 612 Å². The molecule has 1 saturated carbocycles. The van der Waals surface area contributed by atoms with Crippen LogP contribution in [-0.4, -0.2) is 191 Å². The Kier molecular flexibility index (Phi) is 54.7. The van der Waals surface area contributed by atoms with Gasteiger partial charge in [-0.2, -0.15) is 0 Å². The quantitative estimate of drug-likeness (QED) is 0.111. The first-order valence-electron chi connectivity index (χ1n) is 40.8. The van der Waals surface area contributed by atoms with Crippen molar-refractivity contribution in [3.63, 3.8) is 0 Å². The van der Waals surface area contributed by atoms with Gasteiger partial charge in [-0.15, -0.1) is 0 Å². The summed E-state index contributed by atoms with van der Waals surface area (Å²) in [6.45, 7) is 76.1. The van der Waals surface area contributed by atoms with E-state index in [0.717, 1.165) is 190 Å². The average molecular weight is 1400 g/mol. The van der Waals surface area contributed by atoms with Gasteiger partial charge in [-0.1, -0.05) is 165 Å². The van der Waals surface area contributed by atoms with E-state index in [1.54, 1.807) is 0 Å². The Bertz CT molecular complexity index is 1710. The number of hydrogen-bond donors (Lipinski definition) is 1. The third-order valence-electron chi connectivity index (χ3n) is 19.8. The van der Waals surface area contributed by atoms with E-state index in [4.69, 9.17) is 47.4 Å². The molecule has 13 heteroatoms. The number of likely N-dealkylation sites (N-methyl/N-ethyl adjacent to an activating group) is 1. The van der Waals surface area contributed by atoms with Crippen LogP contribution in [0, 0.1) is 75.4 Å². The van der Waals surface area contributed by atoms with Crippen molar-refractivity contribution >= 4 is 0 Å². The second-order valence-corrected chi connectivity index (χ2v) is 36.2. The van der Waals surface area contributed by atoms with Crippen LogP contribution in [0.2, 0.25) is 0 Å². The molecule has 590 valence electrons. The molecule has 5 unspecified atom stereocenters. The molecule has 9 aliphatic heterocycles. The Hall–Kier alpha value is -0.520. The second-order valence-electron chi connectivity index (χ2n) is 36.2. The molecule has 0 aromatic rings. The van der Waals surface area contributed by atoms with E-state index in [1.165, 1.54) is 122 Å². The van der Waals surface area contributed by atoms with Gasteiger partial charge in [-0.25, -0.2) is 0 Å². The number of hydrogen-bond acceptors (Lipinski definition) is 13. The molecule has 0 bridgehead atoms. The minimum atomic E-state index is 0. The first kappa shape index (κ1) is 97.5. The molecule has 98 heavy (non-hydrogen) atoms. The minimum absolute atomic E-state index is 0. The SMILES string of the molecule is C.CC(C)CC1(C)COC1.CC(C)CC1(C)COC1.CC(C)CC1CCOC1.CC(C)CC1COC1.CC(C)CC1COCCN1.CC(C)CC1COCCN1C.CC(C)OC1(C)CCCCC1.CC(C)OC1CCOC1.CCC1(CC(C)C)COC1.CCN1CCCC1CC(C)C. The van der Waals surface area contributed by atoms with Crippen molar-refractivity contribution in [2.45, 2.75) is 338 Å². The van der Waals surface area contributed by atoms with Crippen LogP contribution in [0.5, 0.6) is 0 Å². The molecule has 10 aliphatic rings. The van der Waals surface area contributed by atoms with Crippen molar-refractivity contribution in [1.82, 2.24) is 15.1 Å². The Morgan fingerprint density at radius 1 is 0.429 bits per heavy atom. The summed E-state index contributed by atoms with van der Waals surface area (Å²) < 4.78 is 53.0. The third-order valence-corrected chi connectivity index (χ3v) is 19.8. The van der Waals surface area contributed by atoms with E-state index in [2.05, 4.69) is 195 Å². The van der Waals surface area contributed by atoms with Crippen molar-refractivity contribution in [2.24, 2.45) is 75.4 Å². The Balaban J connectivity index is 0.00000107. The highest BCUT2D eigenvalue weighted by Gasteiger charge is 2.37. The molecule has 13 nitrogen and oxygen atoms in total. The second kappa shape index (κ2) is 55.0. The highest BCUT2D eigenvalue weighted by atomic mass is 16.6. The summed E-state index contributed by atoms with van der Waals surface area (Å²) >= 11 is 0. The van der Waals surface area contributed by atoms with Crippen LogP contribution in [0.25, 0.3) is 0 Å². The van der Waals surface area contributed by atoms with Crippen molar-refractivity contribution in [3.05, 3.63) is 0 Å². The number of nitrogens with zero attached hydrogens (tertiary/aromatic N) is 2. The van der Waals surface area contributed by atoms with Gasteiger partial charge < -0.3 is 57.6 Å². The van der Waals surface area contributed by atoms with E-state index < -0.39 is 0 Å². The molecule has 10 rings (SSSR count). The van der Waals surface area contributed by atoms with Crippen molar-refractivity contribution in [2.75, 3.05) is 139 Å². The first-order chi connectivity index (χ1) is 45.6. The Morgan fingerprint density at radius 3 is 1.24 bits per heavy atom. The Morgan fingerprint density at radius 2 is 0.908 bits per heavy atom. The fourth-order valence-electron chi connectivity index (χ4n) is 15.3. The monoisotopic (exact) mass is 1400 g/mol. The van der Waals surface area contributed by atoms with Gasteiger partial charge in [0.05, 0.1) is 110 Å². The van der Waals surface area contributed by atoms with Crippen molar-refractivity contribution in [3.8, 4) is 0 Å². The van der Waals surface area contributed by atoms with Crippen molar-refractivity contribution in [1.29, 1.82) is 0 Å². The first-order valence-corrected chi connectivity index (χ1v) is 40.8. The summed E-state index contributed by atoms with van der Waals surface area (Å²) in [4.78, 5) is 5.03. The van der Waals surface area contributed by atoms with Gasteiger partial charge in [-0.3, -0.25) is 4.90 Å². The summed E-state index contributed by atoms with van der Waals surface area (Å²) in [5.41, 5.74) is 1.81. The van der Waals surface area contributed by atoms with Crippen LogP contribution < -0.4 is 5.32 Å². The van der Waals surface area contributed by atoms with Gasteiger partial charge in [0, 0.05) is 73.2 Å². The maximum absolute atomic E-state index is 5.88. The molecule has 0 aromatic heterocycles. The molecule has 0 spiro atoms. The lowest BCUT2D eigenvalue weighted by molar-refractivity contribution is -0.124. The molecule has 5 atom stereocenters. The zero-order valence-electron chi connectivity index (χ0n) is 69.6. The normalized spacial score (nSPS) is 25.2. The molecular formula is C85H175N3O10. The standard InChI is InChI=1S/C10H21N.C10H20O.C9H19NO.C9H18O.C8H17NO.3C8H16O.C7H14O2.C7H14O.CH4/c1-4-11-7-5-6-10(11)8-9(2)3;1-9(2)11-10(3)7-5-4-6-8-10;1-8(2)6-9-7-11-5-4-10(9)3;1-4-9(5-8(2)3)6-10-7-9;1-7(2)5-8-6-10-4-3-9-8;2*1-7(2)4-8(3)5-9-6-8;1-7(2)5-8-3-4-9-6-8;1-6(2)9-7-3-4-8-5-7;1-6(2)3-7-4-8-5-7;/h9-10H,4-8H2,1-3H3;9H,4-8H2,1-3H3;8-9H,4-7H2,1-3H3;8H,4-7H2,1-3H3;7-9H,3-6H2,1-2H3;2*7H,4-6H2,1-3H3;7-8H,3-6H2,1-2H3;6-7H,3-5H2,1-2H3;6-7H,3-5H2,1-2H3;1H4. The lowest BCUT2D eigenvalue weighted by Gasteiger charge is -2.42. The zero-order chi connectivity index (χ0) is 73.0. The topological polar surface area (TPSA) is 111 Å². The molecule has 0 aromatic carbocycles. The number of ether oxygens (including phenoxy) is 10. The highest BCUT2D eigenvalue weighted by Crippen LogP contribution is 2.38. The highest BCUT2D eigenvalue weighted by molar-refractivity contribution is 4.86. The van der Waals surface area contributed by atoms with E-state index in [9.17, 15) is 0 Å². The molecule has 1 aliphatic carbocycles. The van der Waals surface area contributed by atoms with E-state index in [0.29, 0.717) is 46.6 Å². The summed E-state index contributed by atoms with van der Waals surface area (Å²) in [7, 11) is 2.19. The fourth-order valence-corrected chi connectivity index (χ4v) is 15.3. The largest absolute Gasteiger partial charge is 0.381 e. The van der Waals surface area contributed by atoms with Crippen LogP contribution in [0.15, 0.2) is 0 Å². The lowest BCUT2D eigenvalue weighted by Crippen LogP contribution is -2.43. The van der Waals surface area contributed by atoms with Gasteiger partial charge in [0.25, 0.3) is 0 Å². The zero-order valence-corrected chi connectivity index (χ0v) is 69.6. The molecule has 10 fully saturated rings. The third kappa shape index (κ3) is 49.3. The molecule has 0 radical (unpaired) electrons. The van der Waals surface area contributed by atoms with Crippen LogP contribution in [0.4, 0.5) is 0 Å². The maximum atomic E-state index is 5.88. The van der Waals surface area contributed by atoms with Crippen LogP contribution in [0.3, 0.4) is 0 Å². The predicted molar refractivity (Wildman–Crippen MR) is 420 cm³/mol. The molecule has 0 amide bonds. The van der Waals surface area contributed by atoms with Crippen molar-refractivity contribution < 1.29 is 47.4 Å². The van der Waals surface area contributed by atoms with Gasteiger partial charge in [0.1, 0.15) is 0 Å². The van der Waals surface area contributed by atoms with Gasteiger partial charge >= 0.3 is 0 Å². The molecule has 9 saturated heterocycles. The molecule has 1 N–H and O–H groups in total. The van der Waals surface area contributed by atoms with Crippen LogP contribution >= 0.6 is 0 Å². The fraction of sp³-hybridized carbons (Fsp3) is 1.00. The number of nitrogens with one attached hydrogen (secondary N) is 1. The maximum Gasteiger partial charge on any atom is 0.0833 e. The number of morpholine rings is 2. The van der Waals surface area contributed by atoms with E-state index >= 15 is 0 Å². The van der Waals surface area contributed by atoms with Crippen LogP contribution in [-0.2, 0) is 47.4 Å². The predicted octanol–water partition coefficient (Wildman–Crippen LogP) is 20.2. The van der Waals surface area contributed by atoms with Crippen LogP contribution in [0.1, 0.15) is 296 Å².